The lowest BCUT2D eigenvalue weighted by atomic mass is 10.1. The number of rotatable bonds is 4. The molecule has 0 fully saturated rings. The molecule has 0 radical (unpaired) electrons. The molecular weight excluding hydrogens is 428 g/mol. The highest BCUT2D eigenvalue weighted by atomic mass is 19.2. The molecule has 1 aromatic heterocycles. The van der Waals surface area contributed by atoms with Crippen molar-refractivity contribution in [3.63, 3.8) is 0 Å². The minimum Gasteiger partial charge on any atom is -0.236 e. The summed E-state index contributed by atoms with van der Waals surface area (Å²) in [6, 6.07) is 9.09. The van der Waals surface area contributed by atoms with E-state index in [1.54, 1.807) is 12.4 Å². The first-order chi connectivity index (χ1) is 16.0. The number of benzene rings is 3. The second-order valence-corrected chi connectivity index (χ2v) is 7.38. The van der Waals surface area contributed by atoms with Gasteiger partial charge in [-0.1, -0.05) is 36.1 Å². The van der Waals surface area contributed by atoms with Crippen LogP contribution in [-0.2, 0) is 6.42 Å². The van der Waals surface area contributed by atoms with Crippen molar-refractivity contribution in [3.8, 4) is 23.2 Å². The average Bonchev–Trinajstić information content (AvgIpc) is 2.81. The SMILES string of the molecule is C/C=C/CCc1cnc(-c2cc(F)c(C#Cc3ccc4c(F)c(F)ccc4c3)c(F)c2)nc1. The zero-order valence-corrected chi connectivity index (χ0v) is 17.7. The normalized spacial score (nSPS) is 11.1. The van der Waals surface area contributed by atoms with Crippen LogP contribution in [0.4, 0.5) is 17.6 Å². The van der Waals surface area contributed by atoms with E-state index < -0.39 is 28.8 Å². The van der Waals surface area contributed by atoms with Crippen LogP contribution in [0.15, 0.2) is 67.0 Å². The predicted molar refractivity (Wildman–Crippen MR) is 120 cm³/mol. The molecule has 33 heavy (non-hydrogen) atoms. The maximum absolute atomic E-state index is 14.6. The van der Waals surface area contributed by atoms with E-state index in [1.165, 1.54) is 24.3 Å². The Bertz CT molecular complexity index is 1390. The molecule has 6 heteroatoms. The topological polar surface area (TPSA) is 25.8 Å². The fourth-order valence-corrected chi connectivity index (χ4v) is 3.35. The highest BCUT2D eigenvalue weighted by Crippen LogP contribution is 2.23. The molecule has 0 spiro atoms. The van der Waals surface area contributed by atoms with Gasteiger partial charge in [0.15, 0.2) is 17.5 Å². The van der Waals surface area contributed by atoms with Gasteiger partial charge in [0.2, 0.25) is 0 Å². The molecule has 164 valence electrons. The summed E-state index contributed by atoms with van der Waals surface area (Å²) in [5.74, 6) is 1.80. The summed E-state index contributed by atoms with van der Waals surface area (Å²) < 4.78 is 56.5. The van der Waals surface area contributed by atoms with Gasteiger partial charge in [-0.15, -0.1) is 0 Å². The Balaban J connectivity index is 1.59. The van der Waals surface area contributed by atoms with Gasteiger partial charge >= 0.3 is 0 Å². The predicted octanol–water partition coefficient (Wildman–Crippen LogP) is 6.76. The molecule has 0 unspecified atom stereocenters. The molecular formula is C27H18F4N2. The molecule has 4 aromatic rings. The number of hydrogen-bond donors (Lipinski definition) is 0. The van der Waals surface area contributed by atoms with Crippen molar-refractivity contribution in [2.75, 3.05) is 0 Å². The van der Waals surface area contributed by atoms with Gasteiger partial charge in [-0.05, 0) is 61.0 Å². The van der Waals surface area contributed by atoms with Crippen LogP contribution in [0.25, 0.3) is 22.2 Å². The van der Waals surface area contributed by atoms with Crippen molar-refractivity contribution >= 4 is 10.8 Å². The van der Waals surface area contributed by atoms with Crippen molar-refractivity contribution in [2.45, 2.75) is 19.8 Å². The van der Waals surface area contributed by atoms with Crippen LogP contribution in [0, 0.1) is 35.1 Å². The standard InChI is InChI=1S/C27H18F4N2/c1-2-3-4-5-18-15-32-27(33-16-18)20-13-24(29)22(25(30)14-20)10-7-17-6-9-21-19(12-17)8-11-23(28)26(21)31/h2-3,6,8-9,11-16H,4-5H2,1H3/b3-2+. The Kier molecular flexibility index (Phi) is 6.50. The Morgan fingerprint density at radius 1 is 0.848 bits per heavy atom. The number of aryl methyl sites for hydroxylation is 1. The summed E-state index contributed by atoms with van der Waals surface area (Å²) in [5, 5.41) is 0.540. The van der Waals surface area contributed by atoms with Gasteiger partial charge in [0.05, 0.1) is 5.56 Å². The van der Waals surface area contributed by atoms with E-state index in [1.807, 2.05) is 19.1 Å². The second-order valence-electron chi connectivity index (χ2n) is 7.38. The van der Waals surface area contributed by atoms with Crippen LogP contribution in [0.5, 0.6) is 0 Å². The summed E-state index contributed by atoms with van der Waals surface area (Å²) in [6.45, 7) is 1.95. The van der Waals surface area contributed by atoms with Crippen LogP contribution < -0.4 is 0 Å². The van der Waals surface area contributed by atoms with Gasteiger partial charge in [0.1, 0.15) is 11.6 Å². The molecule has 0 saturated carbocycles. The van der Waals surface area contributed by atoms with Gasteiger partial charge in [0.25, 0.3) is 0 Å². The quantitative estimate of drug-likeness (QED) is 0.197. The molecule has 0 aliphatic rings. The highest BCUT2D eigenvalue weighted by Gasteiger charge is 2.12. The lowest BCUT2D eigenvalue weighted by Gasteiger charge is -2.05. The molecule has 3 aromatic carbocycles. The van der Waals surface area contributed by atoms with Crippen LogP contribution in [0.1, 0.15) is 30.0 Å². The molecule has 1 heterocycles. The smallest absolute Gasteiger partial charge is 0.166 e. The maximum atomic E-state index is 14.6. The molecule has 0 aliphatic heterocycles. The van der Waals surface area contributed by atoms with E-state index in [0.717, 1.165) is 36.6 Å². The van der Waals surface area contributed by atoms with E-state index in [-0.39, 0.29) is 16.8 Å². The summed E-state index contributed by atoms with van der Waals surface area (Å²) in [6.07, 6.45) is 8.92. The second kappa shape index (κ2) is 9.66. The highest BCUT2D eigenvalue weighted by molar-refractivity contribution is 5.84. The first-order valence-electron chi connectivity index (χ1n) is 10.3. The Labute approximate surface area is 188 Å². The van der Waals surface area contributed by atoms with E-state index in [2.05, 4.69) is 21.8 Å². The van der Waals surface area contributed by atoms with Gasteiger partial charge in [-0.3, -0.25) is 0 Å². The average molecular weight is 446 g/mol. The van der Waals surface area contributed by atoms with Crippen LogP contribution in [-0.4, -0.2) is 9.97 Å². The lowest BCUT2D eigenvalue weighted by Crippen LogP contribution is -1.96. The number of nitrogens with zero attached hydrogens (tertiary/aromatic N) is 2. The molecule has 0 amide bonds. The summed E-state index contributed by atoms with van der Waals surface area (Å²) in [7, 11) is 0. The van der Waals surface area contributed by atoms with Crippen molar-refractivity contribution < 1.29 is 17.6 Å². The first-order valence-corrected chi connectivity index (χ1v) is 10.3. The number of fused-ring (bicyclic) bond motifs is 1. The van der Waals surface area contributed by atoms with E-state index >= 15 is 0 Å². The molecule has 0 aliphatic carbocycles. The molecule has 0 N–H and O–H groups in total. The van der Waals surface area contributed by atoms with E-state index in [4.69, 9.17) is 0 Å². The Morgan fingerprint density at radius 2 is 1.58 bits per heavy atom. The molecule has 2 nitrogen and oxygen atoms in total. The number of allylic oxidation sites excluding steroid dienone is 2. The van der Waals surface area contributed by atoms with Crippen LogP contribution >= 0.6 is 0 Å². The Hall–Kier alpha value is -3.98. The van der Waals surface area contributed by atoms with E-state index in [0.29, 0.717) is 10.9 Å². The fourth-order valence-electron chi connectivity index (χ4n) is 3.35. The third-order valence-corrected chi connectivity index (χ3v) is 5.08. The first kappa shape index (κ1) is 22.2. The zero-order chi connectivity index (χ0) is 23.4. The number of hydrogen-bond acceptors (Lipinski definition) is 2. The molecule has 0 saturated heterocycles. The number of halogens is 4. The van der Waals surface area contributed by atoms with Crippen molar-refractivity contribution in [1.82, 2.24) is 9.97 Å². The number of aromatic nitrogens is 2. The van der Waals surface area contributed by atoms with Crippen molar-refractivity contribution in [3.05, 3.63) is 107 Å². The Morgan fingerprint density at radius 3 is 2.27 bits per heavy atom. The molecule has 0 atom stereocenters. The lowest BCUT2D eigenvalue weighted by molar-refractivity contribution is 0.517. The van der Waals surface area contributed by atoms with Gasteiger partial charge in [-0.25, -0.2) is 27.5 Å². The van der Waals surface area contributed by atoms with Crippen molar-refractivity contribution in [2.24, 2.45) is 0 Å². The van der Waals surface area contributed by atoms with Crippen LogP contribution in [0.3, 0.4) is 0 Å². The van der Waals surface area contributed by atoms with Gasteiger partial charge in [0, 0.05) is 28.9 Å². The summed E-state index contributed by atoms with van der Waals surface area (Å²) in [5.41, 5.74) is 1.15. The minimum atomic E-state index is -0.951. The summed E-state index contributed by atoms with van der Waals surface area (Å²) >= 11 is 0. The third kappa shape index (κ3) is 4.93. The maximum Gasteiger partial charge on any atom is 0.166 e. The third-order valence-electron chi connectivity index (χ3n) is 5.08. The fraction of sp³-hybridized carbons (Fsp3) is 0.111. The monoisotopic (exact) mass is 446 g/mol. The minimum absolute atomic E-state index is 0.107. The van der Waals surface area contributed by atoms with Crippen LogP contribution in [0.2, 0.25) is 0 Å². The van der Waals surface area contributed by atoms with Crippen molar-refractivity contribution in [1.29, 1.82) is 0 Å². The molecule has 4 rings (SSSR count). The largest absolute Gasteiger partial charge is 0.236 e. The van der Waals surface area contributed by atoms with Gasteiger partial charge < -0.3 is 0 Å². The zero-order valence-electron chi connectivity index (χ0n) is 17.7. The summed E-state index contributed by atoms with van der Waals surface area (Å²) in [4.78, 5) is 8.43. The van der Waals surface area contributed by atoms with E-state index in [9.17, 15) is 17.6 Å². The molecule has 0 bridgehead atoms. The van der Waals surface area contributed by atoms with Gasteiger partial charge in [-0.2, -0.15) is 0 Å².